The fourth-order valence-electron chi connectivity index (χ4n) is 1.91. The van der Waals surface area contributed by atoms with Crippen molar-refractivity contribution >= 4 is 35.8 Å². The largest absolute Gasteiger partial charge is 0.357 e. The van der Waals surface area contributed by atoms with Gasteiger partial charge in [0.1, 0.15) is 0 Å². The number of ether oxygens (including phenoxy) is 2. The van der Waals surface area contributed by atoms with Gasteiger partial charge in [0.25, 0.3) is 0 Å². The van der Waals surface area contributed by atoms with Crippen molar-refractivity contribution < 1.29 is 17.8 Å². The highest BCUT2D eigenvalue weighted by Crippen LogP contribution is 2.55. The van der Waals surface area contributed by atoms with Gasteiger partial charge in [-0.25, -0.2) is 0 Å². The zero-order valence-electron chi connectivity index (χ0n) is 13.5. The van der Waals surface area contributed by atoms with Crippen LogP contribution < -0.4 is 0 Å². The highest BCUT2D eigenvalue weighted by molar-refractivity contribution is 8.06. The second-order valence-electron chi connectivity index (χ2n) is 4.68. The second-order valence-corrected chi connectivity index (χ2v) is 7.78. The van der Waals surface area contributed by atoms with Crippen molar-refractivity contribution in [2.24, 2.45) is 0 Å². The molecule has 0 spiro atoms. The molecule has 0 bridgehead atoms. The van der Waals surface area contributed by atoms with E-state index in [0.29, 0.717) is 26.4 Å². The topological polar surface area (TPSA) is 36.9 Å². The van der Waals surface area contributed by atoms with Crippen molar-refractivity contribution in [2.75, 3.05) is 37.9 Å². The van der Waals surface area contributed by atoms with Crippen LogP contribution in [-0.4, -0.2) is 47.8 Å². The van der Waals surface area contributed by atoms with Crippen molar-refractivity contribution in [3.05, 3.63) is 0 Å². The average molecular weight is 357 g/mol. The summed E-state index contributed by atoms with van der Waals surface area (Å²) in [5, 5.41) is 0. The highest BCUT2D eigenvalue weighted by Gasteiger charge is 2.61. The Hall–Kier alpha value is 0.890. The summed E-state index contributed by atoms with van der Waals surface area (Å²) in [7, 11) is 0. The summed E-state index contributed by atoms with van der Waals surface area (Å²) in [5.74, 6) is 1.70. The predicted octanol–water partition coefficient (Wildman–Crippen LogP) is 4.35. The van der Waals surface area contributed by atoms with Crippen LogP contribution in [0.1, 0.15) is 40.5 Å². The van der Waals surface area contributed by atoms with E-state index in [1.165, 1.54) is 24.1 Å². The Balaban J connectivity index is 2.94. The maximum Gasteiger partial charge on any atom is 0.189 e. The molecule has 0 aromatic rings. The molecule has 4 nitrogen and oxygen atoms in total. The lowest BCUT2D eigenvalue weighted by Gasteiger charge is -2.41. The van der Waals surface area contributed by atoms with Crippen molar-refractivity contribution in [1.29, 1.82) is 0 Å². The van der Waals surface area contributed by atoms with E-state index in [0.717, 1.165) is 24.3 Å². The van der Waals surface area contributed by atoms with E-state index in [-0.39, 0.29) is 0 Å². The molecular formula is C14H28O4S3. The molecule has 0 aromatic heterocycles. The van der Waals surface area contributed by atoms with Crippen molar-refractivity contribution in [3.8, 4) is 0 Å². The summed E-state index contributed by atoms with van der Waals surface area (Å²) in [6, 6.07) is 0. The third kappa shape index (κ3) is 5.19. The van der Waals surface area contributed by atoms with Crippen LogP contribution in [-0.2, 0) is 17.8 Å². The molecule has 0 radical (unpaired) electrons. The first kappa shape index (κ1) is 19.9. The molecule has 0 amide bonds. The quantitative estimate of drug-likeness (QED) is 0.380. The van der Waals surface area contributed by atoms with Gasteiger partial charge in [-0.2, -0.15) is 11.8 Å². The Morgan fingerprint density at radius 3 is 1.57 bits per heavy atom. The Bertz CT molecular complexity index is 237. The second kappa shape index (κ2) is 10.6. The van der Waals surface area contributed by atoms with E-state index in [4.69, 9.17) is 17.8 Å². The Morgan fingerprint density at radius 1 is 0.810 bits per heavy atom. The smallest absolute Gasteiger partial charge is 0.189 e. The van der Waals surface area contributed by atoms with Gasteiger partial charge in [0.05, 0.1) is 13.2 Å². The number of rotatable bonds is 12. The third-order valence-corrected chi connectivity index (χ3v) is 7.01. The fourth-order valence-corrected chi connectivity index (χ4v) is 5.85. The van der Waals surface area contributed by atoms with Gasteiger partial charge in [0.15, 0.2) is 9.87 Å². The molecule has 0 aliphatic carbocycles. The first-order valence-electron chi connectivity index (χ1n) is 7.67. The molecule has 2 atom stereocenters. The van der Waals surface area contributed by atoms with Crippen LogP contribution in [0.15, 0.2) is 0 Å². The monoisotopic (exact) mass is 356 g/mol. The van der Waals surface area contributed by atoms with Gasteiger partial charge >= 0.3 is 0 Å². The first-order chi connectivity index (χ1) is 10.2. The lowest BCUT2D eigenvalue weighted by Crippen LogP contribution is -2.53. The first-order valence-corrected chi connectivity index (χ1v) is 10.3. The zero-order valence-corrected chi connectivity index (χ0v) is 16.0. The Kier molecular flexibility index (Phi) is 10.1. The lowest BCUT2D eigenvalue weighted by molar-refractivity contribution is -0.0918. The molecule has 2 unspecified atom stereocenters. The summed E-state index contributed by atoms with van der Waals surface area (Å²) in [5.41, 5.74) is 0. The van der Waals surface area contributed by atoms with Gasteiger partial charge in [-0.15, -0.1) is 0 Å². The van der Waals surface area contributed by atoms with E-state index in [2.05, 4.69) is 13.8 Å². The summed E-state index contributed by atoms with van der Waals surface area (Å²) in [4.78, 5) is -1.03. The van der Waals surface area contributed by atoms with Crippen LogP contribution in [0.3, 0.4) is 0 Å². The van der Waals surface area contributed by atoms with Crippen LogP contribution in [0.25, 0.3) is 0 Å². The lowest BCUT2D eigenvalue weighted by atomic mass is 10.2. The Labute approximate surface area is 142 Å². The summed E-state index contributed by atoms with van der Waals surface area (Å²) < 4.78 is 23.8. The van der Waals surface area contributed by atoms with E-state index < -0.39 is 9.87 Å². The van der Waals surface area contributed by atoms with Gasteiger partial charge in [0, 0.05) is 48.8 Å². The van der Waals surface area contributed by atoms with Gasteiger partial charge in [-0.3, -0.25) is 0 Å². The fraction of sp³-hybridized carbons (Fsp3) is 1.00. The minimum Gasteiger partial charge on any atom is -0.357 e. The molecule has 0 N–H and O–H groups in total. The molecule has 1 fully saturated rings. The van der Waals surface area contributed by atoms with E-state index in [9.17, 15) is 0 Å². The highest BCUT2D eigenvalue weighted by atomic mass is 32.2. The molecule has 7 heteroatoms. The van der Waals surface area contributed by atoms with Crippen LogP contribution >= 0.6 is 35.8 Å². The van der Waals surface area contributed by atoms with Gasteiger partial charge in [-0.1, -0.05) is 13.8 Å². The maximum atomic E-state index is 6.24. The molecule has 21 heavy (non-hydrogen) atoms. The molecule has 0 aromatic carbocycles. The van der Waals surface area contributed by atoms with Crippen molar-refractivity contribution in [3.63, 3.8) is 0 Å². The molecule has 0 saturated carbocycles. The number of hydrogen-bond acceptors (Lipinski definition) is 7. The van der Waals surface area contributed by atoms with Crippen molar-refractivity contribution in [1.82, 2.24) is 0 Å². The summed E-state index contributed by atoms with van der Waals surface area (Å²) in [6.45, 7) is 10.9. The number of hydrogen-bond donors (Lipinski definition) is 0. The average Bonchev–Trinajstić information content (AvgIpc) is 2.86. The predicted molar refractivity (Wildman–Crippen MR) is 93.7 cm³/mol. The van der Waals surface area contributed by atoms with Gasteiger partial charge in [0.2, 0.25) is 0 Å². The van der Waals surface area contributed by atoms with E-state index >= 15 is 0 Å². The molecule has 1 saturated heterocycles. The SMILES string of the molecule is CCCOC1(SOCC)CSCC1(OCCC)SOCC. The van der Waals surface area contributed by atoms with Crippen LogP contribution in [0.4, 0.5) is 0 Å². The molecular weight excluding hydrogens is 328 g/mol. The molecule has 1 rings (SSSR count). The molecule has 126 valence electrons. The maximum absolute atomic E-state index is 6.24. The molecule has 1 aliphatic heterocycles. The van der Waals surface area contributed by atoms with Gasteiger partial charge in [-0.05, 0) is 26.7 Å². The third-order valence-electron chi connectivity index (χ3n) is 2.87. The zero-order chi connectivity index (χ0) is 15.6. The van der Waals surface area contributed by atoms with Crippen molar-refractivity contribution in [2.45, 2.75) is 50.4 Å². The van der Waals surface area contributed by atoms with E-state index in [1.54, 1.807) is 0 Å². The Morgan fingerprint density at radius 2 is 1.24 bits per heavy atom. The molecule has 1 heterocycles. The van der Waals surface area contributed by atoms with Gasteiger partial charge < -0.3 is 17.8 Å². The van der Waals surface area contributed by atoms with Crippen LogP contribution in [0, 0.1) is 0 Å². The standard InChI is InChI=1S/C14H28O4S3/c1-5-9-15-13(20-17-7-3)11-19-12-14(13,16-10-6-2)21-18-8-4/h5-12H2,1-4H3. The van der Waals surface area contributed by atoms with E-state index in [1.807, 2.05) is 25.6 Å². The number of thioether (sulfide) groups is 1. The van der Waals surface area contributed by atoms with Crippen LogP contribution in [0.2, 0.25) is 0 Å². The normalized spacial score (nSPS) is 29.1. The summed E-state index contributed by atoms with van der Waals surface area (Å²) in [6.07, 6.45) is 1.95. The minimum atomic E-state index is -0.515. The minimum absolute atomic E-state index is 0.515. The van der Waals surface area contributed by atoms with Crippen LogP contribution in [0.5, 0.6) is 0 Å². The molecule has 1 aliphatic rings. The summed E-state index contributed by atoms with van der Waals surface area (Å²) >= 11 is 4.66.